The van der Waals surface area contributed by atoms with Gasteiger partial charge in [-0.15, -0.1) is 0 Å². The highest BCUT2D eigenvalue weighted by Gasteiger charge is 2.64. The number of hydrogen-bond acceptors (Lipinski definition) is 6. The van der Waals surface area contributed by atoms with Gasteiger partial charge in [0.2, 0.25) is 0 Å². The molecule has 2 saturated carbocycles. The van der Waals surface area contributed by atoms with E-state index in [2.05, 4.69) is 6.58 Å². The second-order valence-electron chi connectivity index (χ2n) is 6.73. The molecule has 0 bridgehead atoms. The average Bonchev–Trinajstić information content (AvgIpc) is 2.82. The van der Waals surface area contributed by atoms with Crippen molar-refractivity contribution in [3.8, 4) is 0 Å². The van der Waals surface area contributed by atoms with Gasteiger partial charge in [-0.25, -0.2) is 0 Å². The molecule has 1 saturated heterocycles. The molecule has 6 heteroatoms. The molecule has 0 amide bonds. The van der Waals surface area contributed by atoms with Crippen molar-refractivity contribution in [3.63, 3.8) is 0 Å². The number of carbonyl (C=O) groups is 1. The summed E-state index contributed by atoms with van der Waals surface area (Å²) in [5.74, 6) is -2.25. The smallest absolute Gasteiger partial charge is 0.309 e. The molecule has 6 nitrogen and oxygen atoms in total. The van der Waals surface area contributed by atoms with E-state index >= 15 is 0 Å². The van der Waals surface area contributed by atoms with Gasteiger partial charge in [-0.1, -0.05) is 19.1 Å². The standard InChI is InChI=1S/C15H22O6/c1-6-3-9(17)11-7(2)14(19)21-13(11)12-8(6)4-10(18)15(12,20)5-16/h7-13,16-18,20H,1,3-5H2,2H3/t7-,8-,9-,10+,11+,12-,13-,15+/m0/s1. The number of aliphatic hydroxyl groups is 4. The maximum Gasteiger partial charge on any atom is 0.309 e. The Morgan fingerprint density at radius 1 is 1.43 bits per heavy atom. The Morgan fingerprint density at radius 2 is 2.10 bits per heavy atom. The third-order valence-corrected chi connectivity index (χ3v) is 5.69. The number of rotatable bonds is 1. The maximum atomic E-state index is 11.9. The summed E-state index contributed by atoms with van der Waals surface area (Å²) >= 11 is 0. The van der Waals surface area contributed by atoms with Gasteiger partial charge in [0.05, 0.1) is 24.7 Å². The number of carbonyl (C=O) groups excluding carboxylic acids is 1. The van der Waals surface area contributed by atoms with E-state index in [1.54, 1.807) is 6.92 Å². The Hall–Kier alpha value is -0.950. The lowest BCUT2D eigenvalue weighted by Crippen LogP contribution is -2.53. The van der Waals surface area contributed by atoms with E-state index in [-0.39, 0.29) is 12.3 Å². The van der Waals surface area contributed by atoms with Crippen LogP contribution >= 0.6 is 0 Å². The lowest BCUT2D eigenvalue weighted by Gasteiger charge is -2.37. The van der Waals surface area contributed by atoms with E-state index < -0.39 is 54.2 Å². The third-order valence-electron chi connectivity index (χ3n) is 5.69. The van der Waals surface area contributed by atoms with Crippen LogP contribution in [0.3, 0.4) is 0 Å². The fraction of sp³-hybridized carbons (Fsp3) is 0.800. The molecule has 2 aliphatic carbocycles. The number of esters is 1. The minimum absolute atomic E-state index is 0.252. The van der Waals surface area contributed by atoms with Gasteiger partial charge >= 0.3 is 5.97 Å². The van der Waals surface area contributed by atoms with E-state index in [1.807, 2.05) is 0 Å². The quantitative estimate of drug-likeness (QED) is 0.373. The summed E-state index contributed by atoms with van der Waals surface area (Å²) in [5, 5.41) is 40.8. The van der Waals surface area contributed by atoms with Gasteiger partial charge in [0, 0.05) is 11.8 Å². The highest BCUT2D eigenvalue weighted by molar-refractivity contribution is 5.75. The van der Waals surface area contributed by atoms with Crippen LogP contribution < -0.4 is 0 Å². The molecule has 21 heavy (non-hydrogen) atoms. The highest BCUT2D eigenvalue weighted by atomic mass is 16.6. The molecule has 4 N–H and O–H groups in total. The largest absolute Gasteiger partial charge is 0.461 e. The van der Waals surface area contributed by atoms with Crippen LogP contribution in [0.15, 0.2) is 12.2 Å². The van der Waals surface area contributed by atoms with Crippen LogP contribution in [0.5, 0.6) is 0 Å². The summed E-state index contributed by atoms with van der Waals surface area (Å²) < 4.78 is 5.41. The normalized spacial score (nSPS) is 53.1. The van der Waals surface area contributed by atoms with Crippen LogP contribution in [0.1, 0.15) is 19.8 Å². The molecule has 3 rings (SSSR count). The summed E-state index contributed by atoms with van der Waals surface area (Å²) in [4.78, 5) is 11.9. The lowest BCUT2D eigenvalue weighted by molar-refractivity contribution is -0.162. The summed E-state index contributed by atoms with van der Waals surface area (Å²) in [6, 6.07) is 0. The first-order valence-corrected chi connectivity index (χ1v) is 7.38. The third kappa shape index (κ3) is 1.90. The van der Waals surface area contributed by atoms with Crippen molar-refractivity contribution in [2.24, 2.45) is 23.7 Å². The summed E-state index contributed by atoms with van der Waals surface area (Å²) in [6.07, 6.45) is -2.00. The van der Waals surface area contributed by atoms with Gasteiger partial charge < -0.3 is 25.2 Å². The lowest BCUT2D eigenvalue weighted by atomic mass is 9.75. The Labute approximate surface area is 123 Å². The van der Waals surface area contributed by atoms with Crippen molar-refractivity contribution in [3.05, 3.63) is 12.2 Å². The van der Waals surface area contributed by atoms with Crippen molar-refractivity contribution < 1.29 is 30.0 Å². The van der Waals surface area contributed by atoms with Crippen LogP contribution in [0.4, 0.5) is 0 Å². The van der Waals surface area contributed by atoms with Crippen molar-refractivity contribution in [2.75, 3.05) is 6.61 Å². The van der Waals surface area contributed by atoms with Crippen molar-refractivity contribution >= 4 is 5.97 Å². The van der Waals surface area contributed by atoms with E-state index in [4.69, 9.17) is 4.74 Å². The molecular formula is C15H22O6. The first-order chi connectivity index (χ1) is 9.81. The molecule has 1 aliphatic heterocycles. The first kappa shape index (κ1) is 15.0. The molecule has 1 heterocycles. The van der Waals surface area contributed by atoms with E-state index in [0.717, 1.165) is 5.57 Å². The summed E-state index contributed by atoms with van der Waals surface area (Å²) in [6.45, 7) is 5.05. The van der Waals surface area contributed by atoms with Crippen LogP contribution in [-0.2, 0) is 9.53 Å². The van der Waals surface area contributed by atoms with E-state index in [9.17, 15) is 25.2 Å². The van der Waals surface area contributed by atoms with Gasteiger partial charge in [-0.05, 0) is 18.8 Å². The van der Waals surface area contributed by atoms with Crippen molar-refractivity contribution in [1.29, 1.82) is 0 Å². The molecule has 0 aromatic rings. The maximum absolute atomic E-state index is 11.9. The van der Waals surface area contributed by atoms with Gasteiger partial charge in [-0.3, -0.25) is 4.79 Å². The van der Waals surface area contributed by atoms with Crippen LogP contribution in [0, 0.1) is 23.7 Å². The number of hydrogen-bond donors (Lipinski definition) is 4. The number of ether oxygens (including phenoxy) is 1. The molecule has 0 aromatic carbocycles. The van der Waals surface area contributed by atoms with E-state index in [1.165, 1.54) is 0 Å². The van der Waals surface area contributed by atoms with E-state index in [0.29, 0.717) is 6.42 Å². The van der Waals surface area contributed by atoms with Gasteiger partial charge in [-0.2, -0.15) is 0 Å². The summed E-state index contributed by atoms with van der Waals surface area (Å²) in [7, 11) is 0. The zero-order chi connectivity index (χ0) is 15.5. The highest BCUT2D eigenvalue weighted by Crippen LogP contribution is 2.54. The second kappa shape index (κ2) is 4.78. The Bertz CT molecular complexity index is 477. The molecule has 118 valence electrons. The predicted molar refractivity (Wildman–Crippen MR) is 71.9 cm³/mol. The number of aliphatic hydroxyl groups excluding tert-OH is 3. The van der Waals surface area contributed by atoms with Gasteiger partial charge in [0.25, 0.3) is 0 Å². The monoisotopic (exact) mass is 298 g/mol. The minimum atomic E-state index is -1.73. The van der Waals surface area contributed by atoms with Crippen LogP contribution in [0.2, 0.25) is 0 Å². The van der Waals surface area contributed by atoms with Crippen molar-refractivity contribution in [2.45, 2.75) is 43.7 Å². The Balaban J connectivity index is 2.07. The first-order valence-electron chi connectivity index (χ1n) is 7.38. The van der Waals surface area contributed by atoms with Crippen LogP contribution in [0.25, 0.3) is 0 Å². The zero-order valence-electron chi connectivity index (χ0n) is 12.0. The predicted octanol–water partition coefficient (Wildman–Crippen LogP) is -0.795. The molecule has 8 atom stereocenters. The second-order valence-corrected chi connectivity index (χ2v) is 6.73. The SMILES string of the molecule is C=C1C[C@H](O)[C@@H]2[C@H](OC(=O)[C@H]2C)[C@@H]2[C@H]1C[C@@H](O)[C@]2(O)CO. The topological polar surface area (TPSA) is 107 Å². The fourth-order valence-electron chi connectivity index (χ4n) is 4.49. The van der Waals surface area contributed by atoms with Crippen molar-refractivity contribution in [1.82, 2.24) is 0 Å². The van der Waals surface area contributed by atoms with Crippen LogP contribution in [-0.4, -0.2) is 56.9 Å². The molecule has 3 aliphatic rings. The Morgan fingerprint density at radius 3 is 2.71 bits per heavy atom. The zero-order valence-corrected chi connectivity index (χ0v) is 12.0. The molecule has 0 aromatic heterocycles. The molecule has 0 spiro atoms. The fourth-order valence-corrected chi connectivity index (χ4v) is 4.49. The van der Waals surface area contributed by atoms with Gasteiger partial charge in [0.1, 0.15) is 11.7 Å². The molecular weight excluding hydrogens is 276 g/mol. The van der Waals surface area contributed by atoms with Gasteiger partial charge in [0.15, 0.2) is 0 Å². The summed E-state index contributed by atoms with van der Waals surface area (Å²) in [5.41, 5.74) is -1.00. The minimum Gasteiger partial charge on any atom is -0.461 e. The molecule has 0 radical (unpaired) electrons. The molecule has 0 unspecified atom stereocenters. The molecule has 3 fully saturated rings. The average molecular weight is 298 g/mol. The number of fused-ring (bicyclic) bond motifs is 3. The Kier molecular flexibility index (Phi) is 3.40.